The van der Waals surface area contributed by atoms with Crippen LogP contribution in [0.4, 0.5) is 4.79 Å². The fourth-order valence-corrected chi connectivity index (χ4v) is 1.31. The molecule has 1 atom stereocenters. The zero-order valence-electron chi connectivity index (χ0n) is 11.8. The number of hydrogen-bond donors (Lipinski definition) is 2. The van der Waals surface area contributed by atoms with E-state index in [1.807, 2.05) is 20.8 Å². The number of phenolic OH excluding ortho intramolecular Hbond substituents is 1. The van der Waals surface area contributed by atoms with Crippen molar-refractivity contribution >= 4 is 6.09 Å². The molecule has 1 amide bonds. The molecule has 0 aliphatic heterocycles. The van der Waals surface area contributed by atoms with E-state index in [9.17, 15) is 4.79 Å². The molecule has 1 aromatic carbocycles. The van der Waals surface area contributed by atoms with E-state index < -0.39 is 6.09 Å². The first-order valence-corrected chi connectivity index (χ1v) is 6.17. The SMILES string of the molecule is C[C@@H](COc1ccc(O)cc1)OC(=O)NC(C)(C)C. The Kier molecular flexibility index (Phi) is 5.03. The molecule has 0 aromatic heterocycles. The van der Waals surface area contributed by atoms with Crippen molar-refractivity contribution in [3.63, 3.8) is 0 Å². The number of nitrogens with one attached hydrogen (secondary N) is 1. The number of carbonyl (C=O) groups excluding carboxylic acids is 1. The molecule has 0 saturated carbocycles. The molecule has 0 spiro atoms. The van der Waals surface area contributed by atoms with Crippen LogP contribution in [0.5, 0.6) is 11.5 Å². The van der Waals surface area contributed by atoms with Crippen LogP contribution in [-0.4, -0.2) is 29.4 Å². The first-order valence-electron chi connectivity index (χ1n) is 6.17. The van der Waals surface area contributed by atoms with Crippen LogP contribution < -0.4 is 10.1 Å². The summed E-state index contributed by atoms with van der Waals surface area (Å²) in [5.74, 6) is 0.797. The highest BCUT2D eigenvalue weighted by atomic mass is 16.6. The third kappa shape index (κ3) is 6.55. The van der Waals surface area contributed by atoms with Crippen molar-refractivity contribution < 1.29 is 19.4 Å². The van der Waals surface area contributed by atoms with Gasteiger partial charge in [-0.15, -0.1) is 0 Å². The van der Waals surface area contributed by atoms with E-state index >= 15 is 0 Å². The molecule has 0 fully saturated rings. The predicted octanol–water partition coefficient (Wildman–Crippen LogP) is 2.68. The van der Waals surface area contributed by atoms with Crippen LogP contribution in [0.1, 0.15) is 27.7 Å². The van der Waals surface area contributed by atoms with Gasteiger partial charge < -0.3 is 19.9 Å². The van der Waals surface area contributed by atoms with Crippen molar-refractivity contribution in [2.75, 3.05) is 6.61 Å². The zero-order chi connectivity index (χ0) is 14.5. The van der Waals surface area contributed by atoms with Gasteiger partial charge in [0.25, 0.3) is 0 Å². The molecule has 0 radical (unpaired) electrons. The minimum absolute atomic E-state index is 0.182. The smallest absolute Gasteiger partial charge is 0.407 e. The van der Waals surface area contributed by atoms with E-state index in [0.717, 1.165) is 0 Å². The van der Waals surface area contributed by atoms with E-state index in [4.69, 9.17) is 14.6 Å². The molecule has 0 aliphatic rings. The van der Waals surface area contributed by atoms with Crippen molar-refractivity contribution in [3.8, 4) is 11.5 Å². The summed E-state index contributed by atoms with van der Waals surface area (Å²) >= 11 is 0. The summed E-state index contributed by atoms with van der Waals surface area (Å²) in [6.07, 6.45) is -0.828. The summed E-state index contributed by atoms with van der Waals surface area (Å²) < 4.78 is 10.6. The van der Waals surface area contributed by atoms with Crippen molar-refractivity contribution in [1.82, 2.24) is 5.32 Å². The number of amides is 1. The van der Waals surface area contributed by atoms with Crippen molar-refractivity contribution in [2.45, 2.75) is 39.3 Å². The Balaban J connectivity index is 2.33. The number of benzene rings is 1. The number of ether oxygens (including phenoxy) is 2. The Morgan fingerprint density at radius 2 is 1.89 bits per heavy atom. The number of alkyl carbamates (subject to hydrolysis) is 1. The van der Waals surface area contributed by atoms with Crippen LogP contribution in [0.3, 0.4) is 0 Å². The van der Waals surface area contributed by atoms with Crippen LogP contribution >= 0.6 is 0 Å². The topological polar surface area (TPSA) is 67.8 Å². The van der Waals surface area contributed by atoms with Crippen LogP contribution in [0.25, 0.3) is 0 Å². The summed E-state index contributed by atoms with van der Waals surface area (Å²) in [7, 11) is 0. The monoisotopic (exact) mass is 267 g/mol. The van der Waals surface area contributed by atoms with Crippen molar-refractivity contribution in [3.05, 3.63) is 24.3 Å². The van der Waals surface area contributed by atoms with Crippen molar-refractivity contribution in [1.29, 1.82) is 0 Å². The molecule has 19 heavy (non-hydrogen) atoms. The molecular formula is C14H21NO4. The molecule has 5 heteroatoms. The molecule has 1 rings (SSSR count). The molecule has 106 valence electrons. The zero-order valence-corrected chi connectivity index (χ0v) is 11.8. The van der Waals surface area contributed by atoms with Crippen LogP contribution in [-0.2, 0) is 4.74 Å². The van der Waals surface area contributed by atoms with Crippen LogP contribution in [0.15, 0.2) is 24.3 Å². The summed E-state index contributed by atoms with van der Waals surface area (Å²) in [6.45, 7) is 7.65. The number of hydrogen-bond acceptors (Lipinski definition) is 4. The summed E-state index contributed by atoms with van der Waals surface area (Å²) in [5.41, 5.74) is -0.325. The quantitative estimate of drug-likeness (QED) is 0.880. The Labute approximate surface area is 113 Å². The van der Waals surface area contributed by atoms with Gasteiger partial charge in [0.2, 0.25) is 0 Å². The lowest BCUT2D eigenvalue weighted by Crippen LogP contribution is -2.42. The highest BCUT2D eigenvalue weighted by molar-refractivity contribution is 5.68. The fraction of sp³-hybridized carbons (Fsp3) is 0.500. The average Bonchev–Trinajstić information content (AvgIpc) is 2.25. The lowest BCUT2D eigenvalue weighted by molar-refractivity contribution is 0.0706. The van der Waals surface area contributed by atoms with E-state index in [1.165, 1.54) is 12.1 Å². The molecule has 5 nitrogen and oxygen atoms in total. The van der Waals surface area contributed by atoms with Gasteiger partial charge in [0.05, 0.1) is 0 Å². The molecular weight excluding hydrogens is 246 g/mol. The van der Waals surface area contributed by atoms with Crippen molar-refractivity contribution in [2.24, 2.45) is 0 Å². The third-order valence-corrected chi connectivity index (χ3v) is 2.11. The first kappa shape index (κ1) is 15.1. The summed E-state index contributed by atoms with van der Waals surface area (Å²) in [5, 5.41) is 11.8. The number of rotatable bonds is 4. The molecule has 1 aromatic rings. The van der Waals surface area contributed by atoms with Gasteiger partial charge in [-0.25, -0.2) is 4.79 Å². The largest absolute Gasteiger partial charge is 0.508 e. The van der Waals surface area contributed by atoms with Gasteiger partial charge in [0.15, 0.2) is 0 Å². The van der Waals surface area contributed by atoms with Gasteiger partial charge in [0.1, 0.15) is 24.2 Å². The van der Waals surface area contributed by atoms with Crippen LogP contribution in [0.2, 0.25) is 0 Å². The first-order chi connectivity index (χ1) is 8.76. The van der Waals surface area contributed by atoms with Crippen LogP contribution in [0, 0.1) is 0 Å². The molecule has 0 aliphatic carbocycles. The second kappa shape index (κ2) is 6.31. The Morgan fingerprint density at radius 1 is 1.32 bits per heavy atom. The molecule has 0 bridgehead atoms. The van der Waals surface area contributed by atoms with Gasteiger partial charge in [-0.1, -0.05) is 0 Å². The number of aromatic hydroxyl groups is 1. The Bertz CT molecular complexity index is 408. The summed E-state index contributed by atoms with van der Waals surface area (Å²) in [4.78, 5) is 11.5. The van der Waals surface area contributed by atoms with Gasteiger partial charge >= 0.3 is 6.09 Å². The lowest BCUT2D eigenvalue weighted by atomic mass is 10.1. The Hall–Kier alpha value is -1.91. The standard InChI is InChI=1S/C14H21NO4/c1-10(19-13(17)15-14(2,3)4)9-18-12-7-5-11(16)6-8-12/h5-8,10,16H,9H2,1-4H3,(H,15,17)/t10-/m0/s1. The number of carbonyl (C=O) groups is 1. The second-order valence-electron chi connectivity index (χ2n) is 5.40. The third-order valence-electron chi connectivity index (χ3n) is 2.11. The molecule has 0 heterocycles. The highest BCUT2D eigenvalue weighted by Gasteiger charge is 2.17. The van der Waals surface area contributed by atoms with Gasteiger partial charge in [-0.05, 0) is 52.0 Å². The number of phenols is 1. The minimum atomic E-state index is -0.464. The van der Waals surface area contributed by atoms with E-state index in [1.54, 1.807) is 19.1 Å². The van der Waals surface area contributed by atoms with Gasteiger partial charge in [-0.2, -0.15) is 0 Å². The maximum atomic E-state index is 11.5. The summed E-state index contributed by atoms with van der Waals surface area (Å²) in [6, 6.07) is 6.37. The van der Waals surface area contributed by atoms with Gasteiger partial charge in [0, 0.05) is 5.54 Å². The maximum Gasteiger partial charge on any atom is 0.407 e. The molecule has 0 saturated heterocycles. The lowest BCUT2D eigenvalue weighted by Gasteiger charge is -2.22. The average molecular weight is 267 g/mol. The van der Waals surface area contributed by atoms with Gasteiger partial charge in [-0.3, -0.25) is 0 Å². The minimum Gasteiger partial charge on any atom is -0.508 e. The van der Waals surface area contributed by atoms with E-state index in [2.05, 4.69) is 5.32 Å². The second-order valence-corrected chi connectivity index (χ2v) is 5.40. The molecule has 0 unspecified atom stereocenters. The Morgan fingerprint density at radius 3 is 2.42 bits per heavy atom. The fourth-order valence-electron chi connectivity index (χ4n) is 1.31. The van der Waals surface area contributed by atoms with E-state index in [-0.39, 0.29) is 24.0 Å². The predicted molar refractivity (Wildman–Crippen MR) is 72.4 cm³/mol. The maximum absolute atomic E-state index is 11.5. The highest BCUT2D eigenvalue weighted by Crippen LogP contribution is 2.16. The normalized spacial score (nSPS) is 12.6. The molecule has 2 N–H and O–H groups in total. The van der Waals surface area contributed by atoms with E-state index in [0.29, 0.717) is 5.75 Å².